The molecule has 0 spiro atoms. The van der Waals surface area contributed by atoms with Gasteiger partial charge in [0.15, 0.2) is 19.7 Å². The standard InChI is InChI=1S/2C19H20N6O4S/c2*1-10-13(6-22-8-15(10)20)16-4-11-5-17(23-7-14(11)18(21)24-16)25-19(26)29-12-2-3-30(27,28)9-12/h2*4-8,12H,2-3,9,20H2,1H3,(H2,21,24)(H,23,25,26)/t2*12-/m10/s1. The van der Waals surface area contributed by atoms with Crippen LogP contribution in [0.1, 0.15) is 24.0 Å². The predicted octanol–water partition coefficient (Wildman–Crippen LogP) is 3.80. The first-order chi connectivity index (χ1) is 28.4. The van der Waals surface area contributed by atoms with Gasteiger partial charge in [-0.25, -0.2) is 46.4 Å². The highest BCUT2D eigenvalue weighted by molar-refractivity contribution is 7.91. The summed E-state index contributed by atoms with van der Waals surface area (Å²) in [4.78, 5) is 49.6. The van der Waals surface area contributed by atoms with Crippen molar-refractivity contribution in [3.63, 3.8) is 0 Å². The summed E-state index contributed by atoms with van der Waals surface area (Å²) in [5.41, 5.74) is 29.5. The Bertz CT molecular complexity index is 2720. The van der Waals surface area contributed by atoms with Crippen LogP contribution in [0.15, 0.2) is 61.4 Å². The fourth-order valence-electron chi connectivity index (χ4n) is 6.64. The Balaban J connectivity index is 0.000000181. The normalized spacial score (nSPS) is 17.7. The number of nitrogens with one attached hydrogen (secondary N) is 2. The van der Waals surface area contributed by atoms with Gasteiger partial charge < -0.3 is 32.4 Å². The van der Waals surface area contributed by atoms with E-state index >= 15 is 0 Å². The molecule has 8 rings (SSSR count). The molecule has 6 aromatic heterocycles. The minimum Gasteiger partial charge on any atom is -0.445 e. The molecule has 2 fully saturated rings. The molecule has 2 atom stereocenters. The first-order valence-electron chi connectivity index (χ1n) is 18.3. The van der Waals surface area contributed by atoms with Crippen LogP contribution in [0.2, 0.25) is 0 Å². The Labute approximate surface area is 343 Å². The van der Waals surface area contributed by atoms with Crippen molar-refractivity contribution in [2.24, 2.45) is 0 Å². The van der Waals surface area contributed by atoms with Gasteiger partial charge in [-0.1, -0.05) is 0 Å². The number of ether oxygens (including phenoxy) is 2. The molecule has 0 radical (unpaired) electrons. The van der Waals surface area contributed by atoms with Crippen LogP contribution < -0.4 is 33.6 Å². The number of rotatable bonds is 6. The summed E-state index contributed by atoms with van der Waals surface area (Å²) < 4.78 is 56.4. The number of hydrogen-bond acceptors (Lipinski definition) is 18. The number of sulfone groups is 2. The Morgan fingerprint density at radius 2 is 1.02 bits per heavy atom. The number of fused-ring (bicyclic) bond motifs is 2. The Morgan fingerprint density at radius 3 is 1.38 bits per heavy atom. The van der Waals surface area contributed by atoms with Crippen molar-refractivity contribution >= 4 is 88.1 Å². The van der Waals surface area contributed by atoms with Crippen molar-refractivity contribution < 1.29 is 35.9 Å². The molecule has 2 aliphatic rings. The number of amides is 2. The van der Waals surface area contributed by atoms with E-state index in [1.54, 1.807) is 49.1 Å². The monoisotopic (exact) mass is 856 g/mol. The largest absolute Gasteiger partial charge is 0.445 e. The van der Waals surface area contributed by atoms with Crippen LogP contribution in [0.3, 0.4) is 0 Å². The van der Waals surface area contributed by atoms with Gasteiger partial charge in [-0.05, 0) is 72.9 Å². The molecule has 0 aliphatic carbocycles. The van der Waals surface area contributed by atoms with Gasteiger partial charge in [-0.2, -0.15) is 0 Å². The quantitative estimate of drug-likeness (QED) is 0.139. The molecule has 2 aliphatic heterocycles. The fraction of sp³-hybridized carbons (Fsp3) is 0.263. The molecular weight excluding hydrogens is 817 g/mol. The smallest absolute Gasteiger partial charge is 0.413 e. The number of aromatic nitrogens is 6. The predicted molar refractivity (Wildman–Crippen MR) is 227 cm³/mol. The topological polar surface area (TPSA) is 326 Å². The second-order valence-corrected chi connectivity index (χ2v) is 18.7. The lowest BCUT2D eigenvalue weighted by Gasteiger charge is -2.12. The van der Waals surface area contributed by atoms with Crippen molar-refractivity contribution in [2.75, 3.05) is 56.6 Å². The number of anilines is 6. The lowest BCUT2D eigenvalue weighted by atomic mass is 10.0. The molecule has 2 amide bonds. The summed E-state index contributed by atoms with van der Waals surface area (Å²) in [7, 11) is -6.28. The van der Waals surface area contributed by atoms with E-state index in [1.807, 2.05) is 13.8 Å². The van der Waals surface area contributed by atoms with Crippen LogP contribution in [0.4, 0.5) is 44.2 Å². The molecule has 8 heterocycles. The van der Waals surface area contributed by atoms with Gasteiger partial charge in [0.05, 0.1) is 58.2 Å². The maximum Gasteiger partial charge on any atom is 0.413 e. The highest BCUT2D eigenvalue weighted by Crippen LogP contribution is 2.32. The van der Waals surface area contributed by atoms with E-state index in [2.05, 4.69) is 40.5 Å². The van der Waals surface area contributed by atoms with E-state index in [0.717, 1.165) is 22.3 Å². The van der Waals surface area contributed by atoms with Crippen LogP contribution in [-0.2, 0) is 29.1 Å². The van der Waals surface area contributed by atoms with Crippen LogP contribution in [-0.4, -0.2) is 94.1 Å². The second-order valence-electron chi connectivity index (χ2n) is 14.3. The van der Waals surface area contributed by atoms with Crippen molar-refractivity contribution in [1.29, 1.82) is 0 Å². The zero-order valence-electron chi connectivity index (χ0n) is 32.2. The minimum atomic E-state index is -3.14. The van der Waals surface area contributed by atoms with E-state index in [0.29, 0.717) is 57.1 Å². The number of nitrogens with two attached hydrogens (primary N) is 4. The first-order valence-corrected chi connectivity index (χ1v) is 22.0. The number of pyridine rings is 6. The molecule has 6 aromatic rings. The van der Waals surface area contributed by atoms with Gasteiger partial charge in [-0.15, -0.1) is 0 Å². The number of carbonyl (C=O) groups is 2. The molecule has 0 saturated carbocycles. The van der Waals surface area contributed by atoms with Crippen molar-refractivity contribution in [3.05, 3.63) is 72.6 Å². The number of nitrogen functional groups attached to an aromatic ring is 4. The van der Waals surface area contributed by atoms with Gasteiger partial charge >= 0.3 is 12.2 Å². The van der Waals surface area contributed by atoms with Gasteiger partial charge in [0.2, 0.25) is 0 Å². The molecule has 22 heteroatoms. The van der Waals surface area contributed by atoms with Crippen LogP contribution in [0, 0.1) is 13.8 Å². The molecular formula is C38H40N12O8S2. The molecule has 20 nitrogen and oxygen atoms in total. The van der Waals surface area contributed by atoms with E-state index in [9.17, 15) is 26.4 Å². The first kappa shape index (κ1) is 41.2. The summed E-state index contributed by atoms with van der Waals surface area (Å²) in [6.07, 6.45) is 7.21. The van der Waals surface area contributed by atoms with E-state index in [-0.39, 0.29) is 46.3 Å². The third-order valence-electron chi connectivity index (χ3n) is 9.94. The van der Waals surface area contributed by atoms with E-state index in [4.69, 9.17) is 32.4 Å². The van der Waals surface area contributed by atoms with Gasteiger partial charge in [0.1, 0.15) is 35.5 Å². The maximum absolute atomic E-state index is 12.1. The van der Waals surface area contributed by atoms with Gasteiger partial charge in [0.25, 0.3) is 0 Å². The molecule has 60 heavy (non-hydrogen) atoms. The Morgan fingerprint density at radius 1 is 0.617 bits per heavy atom. The lowest BCUT2D eigenvalue weighted by Crippen LogP contribution is -2.23. The summed E-state index contributed by atoms with van der Waals surface area (Å²) >= 11 is 0. The molecule has 10 N–H and O–H groups in total. The minimum absolute atomic E-state index is 0.0203. The highest BCUT2D eigenvalue weighted by Gasteiger charge is 2.32. The van der Waals surface area contributed by atoms with Gasteiger partial charge in [0, 0.05) is 46.7 Å². The number of hydrogen-bond donors (Lipinski definition) is 6. The fourth-order valence-corrected chi connectivity index (χ4v) is 9.82. The molecule has 312 valence electrons. The zero-order chi connectivity index (χ0) is 42.9. The third kappa shape index (κ3) is 9.34. The average molecular weight is 857 g/mol. The van der Waals surface area contributed by atoms with E-state index in [1.165, 1.54) is 12.4 Å². The number of nitrogens with zero attached hydrogens (tertiary/aromatic N) is 6. The Kier molecular flexibility index (Phi) is 11.2. The van der Waals surface area contributed by atoms with Crippen LogP contribution in [0.5, 0.6) is 0 Å². The SMILES string of the molecule is Cc1c(N)cncc1-c1cc2cc(NC(=O)O[C@@H]3CCS(=O)(=O)C3)ncc2c(N)n1.Cc1c(N)cncc1-c1cc2cc(NC(=O)O[C@H]3CCS(=O)(=O)C3)ncc2c(N)n1. The lowest BCUT2D eigenvalue weighted by molar-refractivity contribution is 0.123. The number of carbonyl (C=O) groups excluding carboxylic acids is 2. The zero-order valence-corrected chi connectivity index (χ0v) is 33.9. The average Bonchev–Trinajstić information content (AvgIpc) is 3.71. The summed E-state index contributed by atoms with van der Waals surface area (Å²) in [5, 5.41) is 7.70. The maximum atomic E-state index is 12.1. The Hall–Kier alpha value is -6.94. The van der Waals surface area contributed by atoms with Crippen molar-refractivity contribution in [2.45, 2.75) is 38.9 Å². The van der Waals surface area contributed by atoms with E-state index < -0.39 is 44.1 Å². The second kappa shape index (κ2) is 16.4. The van der Waals surface area contributed by atoms with Crippen molar-refractivity contribution in [1.82, 2.24) is 29.9 Å². The van der Waals surface area contributed by atoms with Crippen molar-refractivity contribution in [3.8, 4) is 22.5 Å². The van der Waals surface area contributed by atoms with Crippen LogP contribution >= 0.6 is 0 Å². The third-order valence-corrected chi connectivity index (χ3v) is 13.4. The molecule has 0 bridgehead atoms. The summed E-state index contributed by atoms with van der Waals surface area (Å²) in [6, 6.07) is 6.88. The summed E-state index contributed by atoms with van der Waals surface area (Å²) in [5.74, 6) is 0.762. The van der Waals surface area contributed by atoms with Gasteiger partial charge in [-0.3, -0.25) is 20.6 Å². The highest BCUT2D eigenvalue weighted by atomic mass is 32.2. The summed E-state index contributed by atoms with van der Waals surface area (Å²) in [6.45, 7) is 3.74. The molecule has 0 unspecified atom stereocenters. The molecule has 2 saturated heterocycles. The molecule has 0 aromatic carbocycles. The van der Waals surface area contributed by atoms with Crippen LogP contribution in [0.25, 0.3) is 44.1 Å².